The predicted octanol–water partition coefficient (Wildman–Crippen LogP) is 4.76. The third-order valence-corrected chi connectivity index (χ3v) is 5.49. The van der Waals surface area contributed by atoms with Crippen molar-refractivity contribution in [2.45, 2.75) is 20.0 Å². The number of fused-ring (bicyclic) bond motifs is 1. The van der Waals surface area contributed by atoms with Crippen molar-refractivity contribution in [3.05, 3.63) is 83.3 Å². The molecule has 0 spiro atoms. The number of benzene rings is 3. The highest BCUT2D eigenvalue weighted by molar-refractivity contribution is 5.96. The number of ether oxygens (including phenoxy) is 1. The standard InChI is InChI=1S/C26H27FN4O2/c1-4-33-24-13-19(8-9-23(24)18-6-5-7-22(27)12-18)26(32)31(3)16-21-11-17(14-28-2)10-20-15-29-30-25(20)21/h5-13,15,28H,4,14,16H2,1-3H3,(H,29,30). The highest BCUT2D eigenvalue weighted by atomic mass is 19.1. The SMILES string of the molecule is CCOc1cc(C(=O)N(C)Cc2cc(CNC)cc3cn[nH]c23)ccc1-c1cccc(F)c1. The van der Waals surface area contributed by atoms with Crippen molar-refractivity contribution in [2.24, 2.45) is 0 Å². The summed E-state index contributed by atoms with van der Waals surface area (Å²) in [6, 6.07) is 15.8. The minimum absolute atomic E-state index is 0.131. The molecule has 1 heterocycles. The largest absolute Gasteiger partial charge is 0.493 e. The second-order valence-corrected chi connectivity index (χ2v) is 7.94. The van der Waals surface area contributed by atoms with Crippen LogP contribution >= 0.6 is 0 Å². The average Bonchev–Trinajstić information content (AvgIpc) is 3.28. The van der Waals surface area contributed by atoms with Crippen molar-refractivity contribution in [2.75, 3.05) is 20.7 Å². The fourth-order valence-corrected chi connectivity index (χ4v) is 4.00. The molecule has 0 aliphatic rings. The van der Waals surface area contributed by atoms with Crippen LogP contribution in [-0.2, 0) is 13.1 Å². The van der Waals surface area contributed by atoms with Crippen molar-refractivity contribution in [1.29, 1.82) is 0 Å². The lowest BCUT2D eigenvalue weighted by molar-refractivity contribution is 0.0785. The second-order valence-electron chi connectivity index (χ2n) is 7.94. The summed E-state index contributed by atoms with van der Waals surface area (Å²) in [4.78, 5) is 14.9. The molecule has 6 nitrogen and oxygen atoms in total. The maximum absolute atomic E-state index is 13.7. The summed E-state index contributed by atoms with van der Waals surface area (Å²) in [5.41, 5.74) is 5.00. The van der Waals surface area contributed by atoms with Gasteiger partial charge in [-0.3, -0.25) is 9.89 Å². The second kappa shape index (κ2) is 9.83. The Hall–Kier alpha value is -3.71. The maximum Gasteiger partial charge on any atom is 0.254 e. The van der Waals surface area contributed by atoms with Crippen molar-refractivity contribution < 1.29 is 13.9 Å². The molecule has 1 aromatic heterocycles. The van der Waals surface area contributed by atoms with Crippen molar-refractivity contribution in [1.82, 2.24) is 20.4 Å². The number of H-pyrrole nitrogens is 1. The van der Waals surface area contributed by atoms with E-state index >= 15 is 0 Å². The molecule has 33 heavy (non-hydrogen) atoms. The van der Waals surface area contributed by atoms with Gasteiger partial charge in [-0.2, -0.15) is 5.10 Å². The van der Waals surface area contributed by atoms with Crippen LogP contribution in [0.2, 0.25) is 0 Å². The Morgan fingerprint density at radius 3 is 2.79 bits per heavy atom. The Labute approximate surface area is 192 Å². The van der Waals surface area contributed by atoms with Gasteiger partial charge in [0.1, 0.15) is 11.6 Å². The third-order valence-electron chi connectivity index (χ3n) is 5.49. The van der Waals surface area contributed by atoms with Gasteiger partial charge in [0.2, 0.25) is 0 Å². The first-order valence-electron chi connectivity index (χ1n) is 10.9. The molecule has 0 saturated heterocycles. The maximum atomic E-state index is 13.7. The van der Waals surface area contributed by atoms with Crippen molar-refractivity contribution >= 4 is 16.8 Å². The van der Waals surface area contributed by atoms with Crippen molar-refractivity contribution in [3.8, 4) is 16.9 Å². The van der Waals surface area contributed by atoms with E-state index < -0.39 is 0 Å². The number of carbonyl (C=O) groups excluding carboxylic acids is 1. The van der Waals surface area contributed by atoms with E-state index in [1.54, 1.807) is 36.3 Å². The number of hydrogen-bond acceptors (Lipinski definition) is 4. The van der Waals surface area contributed by atoms with E-state index in [0.717, 1.165) is 34.1 Å². The van der Waals surface area contributed by atoms with Gasteiger partial charge < -0.3 is 15.0 Å². The molecule has 0 radical (unpaired) electrons. The molecule has 4 aromatic rings. The summed E-state index contributed by atoms with van der Waals surface area (Å²) >= 11 is 0. The number of halogens is 1. The highest BCUT2D eigenvalue weighted by Gasteiger charge is 2.17. The van der Waals surface area contributed by atoms with Gasteiger partial charge in [-0.1, -0.05) is 18.2 Å². The number of hydrogen-bond donors (Lipinski definition) is 2. The number of nitrogens with zero attached hydrogens (tertiary/aromatic N) is 2. The van der Waals surface area contributed by atoms with Gasteiger partial charge in [-0.25, -0.2) is 4.39 Å². The molecule has 0 saturated carbocycles. The monoisotopic (exact) mass is 446 g/mol. The first-order chi connectivity index (χ1) is 16.0. The number of amides is 1. The van der Waals surface area contributed by atoms with Crippen LogP contribution in [0.15, 0.2) is 60.8 Å². The van der Waals surface area contributed by atoms with Crippen LogP contribution in [0.4, 0.5) is 4.39 Å². The molecule has 0 atom stereocenters. The Morgan fingerprint density at radius 2 is 2.03 bits per heavy atom. The number of nitrogens with one attached hydrogen (secondary N) is 2. The zero-order chi connectivity index (χ0) is 23.4. The van der Waals surface area contributed by atoms with E-state index in [1.165, 1.54) is 12.1 Å². The van der Waals surface area contributed by atoms with Crippen LogP contribution in [0, 0.1) is 5.82 Å². The van der Waals surface area contributed by atoms with Gasteiger partial charge in [-0.05, 0) is 67.1 Å². The lowest BCUT2D eigenvalue weighted by Crippen LogP contribution is -2.26. The number of aromatic amines is 1. The third kappa shape index (κ3) is 4.88. The molecular formula is C26H27FN4O2. The summed E-state index contributed by atoms with van der Waals surface area (Å²) in [5, 5.41) is 11.4. The van der Waals surface area contributed by atoms with Gasteiger partial charge >= 0.3 is 0 Å². The highest BCUT2D eigenvalue weighted by Crippen LogP contribution is 2.32. The van der Waals surface area contributed by atoms with E-state index in [0.29, 0.717) is 30.0 Å². The Kier molecular flexibility index (Phi) is 6.70. The Morgan fingerprint density at radius 1 is 1.18 bits per heavy atom. The molecule has 7 heteroatoms. The summed E-state index contributed by atoms with van der Waals surface area (Å²) < 4.78 is 19.5. The summed E-state index contributed by atoms with van der Waals surface area (Å²) in [6.45, 7) is 3.46. The van der Waals surface area contributed by atoms with Crippen LogP contribution in [0.1, 0.15) is 28.4 Å². The first kappa shape index (κ1) is 22.5. The van der Waals surface area contributed by atoms with E-state index in [-0.39, 0.29) is 11.7 Å². The zero-order valence-electron chi connectivity index (χ0n) is 19.0. The molecule has 0 bridgehead atoms. The number of rotatable bonds is 8. The van der Waals surface area contributed by atoms with Crippen LogP contribution in [-0.4, -0.2) is 41.7 Å². The van der Waals surface area contributed by atoms with Gasteiger partial charge in [0.05, 0.1) is 18.3 Å². The number of carbonyl (C=O) groups is 1. The van der Waals surface area contributed by atoms with E-state index in [4.69, 9.17) is 4.74 Å². The molecule has 4 rings (SSSR count). The zero-order valence-corrected chi connectivity index (χ0v) is 19.0. The molecular weight excluding hydrogens is 419 g/mol. The molecule has 2 N–H and O–H groups in total. The minimum Gasteiger partial charge on any atom is -0.493 e. The molecule has 0 aliphatic carbocycles. The molecule has 1 amide bonds. The fraction of sp³-hybridized carbons (Fsp3) is 0.231. The summed E-state index contributed by atoms with van der Waals surface area (Å²) in [5.74, 6) is 0.100. The van der Waals surface area contributed by atoms with E-state index in [2.05, 4.69) is 27.6 Å². The normalized spacial score (nSPS) is 11.0. The van der Waals surface area contributed by atoms with Gasteiger partial charge in [-0.15, -0.1) is 0 Å². The van der Waals surface area contributed by atoms with E-state index in [9.17, 15) is 9.18 Å². The van der Waals surface area contributed by atoms with Crippen molar-refractivity contribution in [3.63, 3.8) is 0 Å². The smallest absolute Gasteiger partial charge is 0.254 e. The van der Waals surface area contributed by atoms with Crippen LogP contribution in [0.25, 0.3) is 22.0 Å². The van der Waals surface area contributed by atoms with Gasteiger partial charge in [0.15, 0.2) is 0 Å². The topological polar surface area (TPSA) is 70.2 Å². The molecule has 170 valence electrons. The van der Waals surface area contributed by atoms with Gasteiger partial charge in [0.25, 0.3) is 5.91 Å². The molecule has 0 unspecified atom stereocenters. The Balaban J connectivity index is 1.62. The fourth-order valence-electron chi connectivity index (χ4n) is 4.00. The van der Waals surface area contributed by atoms with E-state index in [1.807, 2.05) is 26.1 Å². The average molecular weight is 447 g/mol. The summed E-state index contributed by atoms with van der Waals surface area (Å²) in [7, 11) is 3.68. The lowest BCUT2D eigenvalue weighted by Gasteiger charge is -2.20. The molecule has 0 fully saturated rings. The van der Waals surface area contributed by atoms with Crippen LogP contribution in [0.5, 0.6) is 5.75 Å². The number of aromatic nitrogens is 2. The Bertz CT molecular complexity index is 1280. The predicted molar refractivity (Wildman–Crippen MR) is 128 cm³/mol. The minimum atomic E-state index is -0.319. The quantitative estimate of drug-likeness (QED) is 0.409. The first-order valence-corrected chi connectivity index (χ1v) is 10.9. The van der Waals surface area contributed by atoms with Crippen LogP contribution in [0.3, 0.4) is 0 Å². The van der Waals surface area contributed by atoms with Crippen LogP contribution < -0.4 is 10.1 Å². The van der Waals surface area contributed by atoms with Gasteiger partial charge in [0, 0.05) is 36.7 Å². The molecule has 3 aromatic carbocycles. The summed E-state index contributed by atoms with van der Waals surface area (Å²) in [6.07, 6.45) is 1.79. The molecule has 0 aliphatic heterocycles. The lowest BCUT2D eigenvalue weighted by atomic mass is 10.0.